The normalized spacial score (nSPS) is 23.8. The Labute approximate surface area is 108 Å². The number of nitrogens with one attached hydrogen (secondary N) is 1. The topological polar surface area (TPSA) is 74.4 Å². The molecule has 1 fully saturated rings. The maximum atomic E-state index is 12.8. The van der Waals surface area contributed by atoms with Crippen molar-refractivity contribution in [3.8, 4) is 0 Å². The van der Waals surface area contributed by atoms with E-state index in [2.05, 4.69) is 10.4 Å². The summed E-state index contributed by atoms with van der Waals surface area (Å²) in [6.45, 7) is 2.33. The maximum Gasteiger partial charge on any atom is 0.416 e. The zero-order valence-corrected chi connectivity index (χ0v) is 10.3. The van der Waals surface area contributed by atoms with Crippen LogP contribution < -0.4 is 16.2 Å². The average Bonchev–Trinajstić information content (AvgIpc) is 2.68. The van der Waals surface area contributed by atoms with Crippen molar-refractivity contribution >= 4 is 11.6 Å². The molecule has 0 radical (unpaired) electrons. The number of hydrogen-bond donors (Lipinski definition) is 3. The Balaban J connectivity index is 2.35. The Hall–Kier alpha value is -1.54. The molecule has 2 heterocycles. The van der Waals surface area contributed by atoms with Gasteiger partial charge in [0.2, 0.25) is 0 Å². The molecule has 0 aromatic carbocycles. The molecule has 0 aliphatic carbocycles. The zero-order valence-electron chi connectivity index (χ0n) is 10.3. The van der Waals surface area contributed by atoms with Gasteiger partial charge in [0.15, 0.2) is 0 Å². The van der Waals surface area contributed by atoms with Crippen LogP contribution in [-0.2, 0) is 6.18 Å². The number of nitrogens with two attached hydrogens (primary N) is 1. The fourth-order valence-electron chi connectivity index (χ4n) is 2.06. The van der Waals surface area contributed by atoms with E-state index in [0.717, 1.165) is 12.1 Å². The molecule has 106 valence electrons. The Morgan fingerprint density at radius 2 is 2.16 bits per heavy atom. The van der Waals surface area contributed by atoms with Gasteiger partial charge in [-0.05, 0) is 25.5 Å². The van der Waals surface area contributed by atoms with Gasteiger partial charge >= 0.3 is 6.18 Å². The Kier molecular flexibility index (Phi) is 3.31. The number of aromatic nitrogens is 1. The van der Waals surface area contributed by atoms with E-state index in [1.807, 2.05) is 0 Å². The highest BCUT2D eigenvalue weighted by molar-refractivity contribution is 5.51. The van der Waals surface area contributed by atoms with Gasteiger partial charge in [-0.15, -0.1) is 0 Å². The van der Waals surface area contributed by atoms with E-state index in [1.165, 1.54) is 0 Å². The highest BCUT2D eigenvalue weighted by Crippen LogP contribution is 2.34. The van der Waals surface area contributed by atoms with Crippen molar-refractivity contribution in [2.75, 3.05) is 23.4 Å². The first-order valence-electron chi connectivity index (χ1n) is 5.74. The first-order chi connectivity index (χ1) is 8.71. The molecule has 5 nitrogen and oxygen atoms in total. The number of pyridine rings is 1. The lowest BCUT2D eigenvalue weighted by Gasteiger charge is -2.21. The number of halogens is 3. The first kappa shape index (κ1) is 13.9. The summed E-state index contributed by atoms with van der Waals surface area (Å²) in [5.74, 6) is 5.23. The lowest BCUT2D eigenvalue weighted by molar-refractivity contribution is -0.137. The van der Waals surface area contributed by atoms with Crippen LogP contribution >= 0.6 is 0 Å². The summed E-state index contributed by atoms with van der Waals surface area (Å²) in [6.07, 6.45) is -3.98. The number of alkyl halides is 3. The standard InChI is InChI=1S/C11H15F3N4O/c1-10(19)2-3-18(6-10)9-5-7(11(12,13)14)4-8(16-9)17-15/h4-5,19H,2-3,6,15H2,1H3,(H,16,17). The van der Waals surface area contributed by atoms with Crippen molar-refractivity contribution < 1.29 is 18.3 Å². The van der Waals surface area contributed by atoms with Gasteiger partial charge in [0.1, 0.15) is 11.6 Å². The van der Waals surface area contributed by atoms with Crippen LogP contribution in [0.25, 0.3) is 0 Å². The van der Waals surface area contributed by atoms with Gasteiger partial charge in [0.25, 0.3) is 0 Å². The van der Waals surface area contributed by atoms with E-state index in [1.54, 1.807) is 11.8 Å². The molecule has 1 unspecified atom stereocenters. The third-order valence-corrected chi connectivity index (χ3v) is 3.06. The van der Waals surface area contributed by atoms with Gasteiger partial charge in [-0.25, -0.2) is 10.8 Å². The molecule has 1 saturated heterocycles. The van der Waals surface area contributed by atoms with Gasteiger partial charge in [-0.1, -0.05) is 0 Å². The smallest absolute Gasteiger partial charge is 0.388 e. The molecule has 1 aromatic rings. The third kappa shape index (κ3) is 3.07. The number of anilines is 2. The Morgan fingerprint density at radius 1 is 1.47 bits per heavy atom. The van der Waals surface area contributed by atoms with Crippen molar-refractivity contribution in [2.24, 2.45) is 5.84 Å². The number of nitrogens with zero attached hydrogens (tertiary/aromatic N) is 2. The molecule has 1 aliphatic heterocycles. The van der Waals surface area contributed by atoms with Crippen LogP contribution in [0.2, 0.25) is 0 Å². The van der Waals surface area contributed by atoms with E-state index in [9.17, 15) is 18.3 Å². The second-order valence-electron chi connectivity index (χ2n) is 4.91. The molecule has 1 atom stereocenters. The lowest BCUT2D eigenvalue weighted by atomic mass is 10.1. The predicted octanol–water partition coefficient (Wildman–Crippen LogP) is 1.35. The number of β-amino-alcohol motifs (C(OH)–C–C–N with tert-alkyl or cyclic N) is 1. The minimum absolute atomic E-state index is 0.0589. The van der Waals surface area contributed by atoms with E-state index < -0.39 is 17.3 Å². The maximum absolute atomic E-state index is 12.8. The van der Waals surface area contributed by atoms with Crippen molar-refractivity contribution in [1.82, 2.24) is 4.98 Å². The van der Waals surface area contributed by atoms with Crippen LogP contribution in [0.5, 0.6) is 0 Å². The minimum Gasteiger partial charge on any atom is -0.388 e. The number of aliphatic hydroxyl groups is 1. The van der Waals surface area contributed by atoms with Crippen LogP contribution in [0, 0.1) is 0 Å². The van der Waals surface area contributed by atoms with E-state index in [0.29, 0.717) is 13.0 Å². The van der Waals surface area contributed by atoms with Gasteiger partial charge in [0.05, 0.1) is 11.2 Å². The summed E-state index contributed by atoms with van der Waals surface area (Å²) in [7, 11) is 0. The third-order valence-electron chi connectivity index (χ3n) is 3.06. The summed E-state index contributed by atoms with van der Waals surface area (Å²) in [6, 6.07) is 1.81. The molecule has 0 saturated carbocycles. The molecule has 8 heteroatoms. The largest absolute Gasteiger partial charge is 0.416 e. The van der Waals surface area contributed by atoms with Crippen molar-refractivity contribution in [3.63, 3.8) is 0 Å². The molecule has 0 spiro atoms. The van der Waals surface area contributed by atoms with Gasteiger partial charge in [-0.2, -0.15) is 13.2 Å². The van der Waals surface area contributed by atoms with Crippen molar-refractivity contribution in [3.05, 3.63) is 17.7 Å². The second-order valence-corrected chi connectivity index (χ2v) is 4.91. The van der Waals surface area contributed by atoms with Crippen LogP contribution in [0.1, 0.15) is 18.9 Å². The summed E-state index contributed by atoms with van der Waals surface area (Å²) in [4.78, 5) is 5.60. The predicted molar refractivity (Wildman–Crippen MR) is 64.5 cm³/mol. The van der Waals surface area contributed by atoms with E-state index in [-0.39, 0.29) is 18.2 Å². The number of rotatable bonds is 2. The molecule has 0 bridgehead atoms. The number of hydrogen-bond acceptors (Lipinski definition) is 5. The molecule has 2 rings (SSSR count). The molecule has 4 N–H and O–H groups in total. The van der Waals surface area contributed by atoms with Crippen molar-refractivity contribution in [1.29, 1.82) is 0 Å². The summed E-state index contributed by atoms with van der Waals surface area (Å²) < 4.78 is 38.3. The van der Waals surface area contributed by atoms with Crippen LogP contribution in [0.15, 0.2) is 12.1 Å². The highest BCUT2D eigenvalue weighted by atomic mass is 19.4. The quantitative estimate of drug-likeness (QED) is 0.561. The first-order valence-corrected chi connectivity index (χ1v) is 5.74. The SMILES string of the molecule is CC1(O)CCN(c2cc(C(F)(F)F)cc(NN)n2)C1. The Morgan fingerprint density at radius 3 is 2.63 bits per heavy atom. The molecule has 1 aliphatic rings. The molecule has 0 amide bonds. The van der Waals surface area contributed by atoms with E-state index >= 15 is 0 Å². The number of nitrogen functional groups attached to an aromatic ring is 1. The van der Waals surface area contributed by atoms with E-state index in [4.69, 9.17) is 5.84 Å². The number of hydrazine groups is 1. The zero-order chi connectivity index (χ0) is 14.3. The van der Waals surface area contributed by atoms with Gasteiger partial charge in [-0.3, -0.25) is 0 Å². The monoisotopic (exact) mass is 276 g/mol. The Bertz CT molecular complexity index is 475. The fraction of sp³-hybridized carbons (Fsp3) is 0.545. The van der Waals surface area contributed by atoms with Gasteiger partial charge < -0.3 is 15.4 Å². The lowest BCUT2D eigenvalue weighted by Crippen LogP contribution is -2.30. The highest BCUT2D eigenvalue weighted by Gasteiger charge is 2.35. The van der Waals surface area contributed by atoms with Crippen LogP contribution in [0.4, 0.5) is 24.8 Å². The average molecular weight is 276 g/mol. The molecular weight excluding hydrogens is 261 g/mol. The fourth-order valence-corrected chi connectivity index (χ4v) is 2.06. The van der Waals surface area contributed by atoms with Crippen molar-refractivity contribution in [2.45, 2.75) is 25.1 Å². The molecular formula is C11H15F3N4O. The van der Waals surface area contributed by atoms with Crippen LogP contribution in [0.3, 0.4) is 0 Å². The van der Waals surface area contributed by atoms with Crippen LogP contribution in [-0.4, -0.2) is 28.8 Å². The summed E-state index contributed by atoms with van der Waals surface area (Å²) in [5.41, 5.74) is 0.391. The molecule has 1 aromatic heterocycles. The summed E-state index contributed by atoms with van der Waals surface area (Å²) >= 11 is 0. The second kappa shape index (κ2) is 4.53. The molecule has 19 heavy (non-hydrogen) atoms. The minimum atomic E-state index is -4.47. The van der Waals surface area contributed by atoms with Gasteiger partial charge in [0, 0.05) is 13.1 Å². The summed E-state index contributed by atoms with van der Waals surface area (Å²) in [5, 5.41) is 9.85.